The average molecular weight is 905 g/mol. The van der Waals surface area contributed by atoms with E-state index in [4.69, 9.17) is 37.9 Å². The zero-order valence-electron chi connectivity index (χ0n) is 36.0. The number of imide groups is 2. The van der Waals surface area contributed by atoms with Gasteiger partial charge in [0.2, 0.25) is 0 Å². The number of nitrogens with zero attached hydrogens (tertiary/aromatic N) is 2. The number of fused-ring (bicyclic) bond motifs is 2. The van der Waals surface area contributed by atoms with Crippen LogP contribution in [0, 0.1) is 0 Å². The molecule has 0 aromatic heterocycles. The van der Waals surface area contributed by atoms with E-state index < -0.39 is 96.9 Å². The topological polar surface area (TPSA) is 203 Å². The number of carbonyl (C=O) groups excluding carboxylic acids is 6. The van der Waals surface area contributed by atoms with Crippen molar-refractivity contribution in [3.8, 4) is 0 Å². The molecule has 4 heterocycles. The van der Waals surface area contributed by atoms with Crippen molar-refractivity contribution in [2.75, 3.05) is 19.8 Å². The fourth-order valence-electron chi connectivity index (χ4n) is 8.69. The second-order valence-corrected chi connectivity index (χ2v) is 16.0. The van der Waals surface area contributed by atoms with Crippen molar-refractivity contribution >= 4 is 35.6 Å². The molecule has 17 heteroatoms. The first-order valence-corrected chi connectivity index (χ1v) is 21.3. The van der Waals surface area contributed by atoms with Crippen LogP contribution >= 0.6 is 0 Å². The highest BCUT2D eigenvalue weighted by atomic mass is 16.7. The van der Waals surface area contributed by atoms with Crippen LogP contribution < -0.4 is 0 Å². The molecule has 1 N–H and O–H groups in total. The van der Waals surface area contributed by atoms with Gasteiger partial charge in [-0.15, -0.1) is 6.58 Å². The van der Waals surface area contributed by atoms with Gasteiger partial charge in [0.15, 0.2) is 24.8 Å². The molecule has 4 aromatic rings. The fourth-order valence-corrected chi connectivity index (χ4v) is 8.69. The quantitative estimate of drug-likeness (QED) is 0.0904. The highest BCUT2D eigenvalue weighted by Crippen LogP contribution is 2.40. The molecular formula is C49H48N2O15. The molecule has 4 aliphatic heterocycles. The van der Waals surface area contributed by atoms with Crippen LogP contribution in [0.2, 0.25) is 0 Å². The predicted octanol–water partition coefficient (Wildman–Crippen LogP) is 4.01. The maximum Gasteiger partial charge on any atom is 0.303 e. The van der Waals surface area contributed by atoms with Crippen LogP contribution in [0.5, 0.6) is 0 Å². The van der Waals surface area contributed by atoms with Crippen molar-refractivity contribution < 1.29 is 71.8 Å². The van der Waals surface area contributed by atoms with Crippen molar-refractivity contribution in [2.24, 2.45) is 0 Å². The summed E-state index contributed by atoms with van der Waals surface area (Å²) in [6.07, 6.45) is -11.1. The van der Waals surface area contributed by atoms with Crippen LogP contribution in [0.3, 0.4) is 0 Å². The number of rotatable bonds is 17. The molecule has 0 spiro atoms. The Morgan fingerprint density at radius 2 is 1.00 bits per heavy atom. The largest absolute Gasteiger partial charge is 0.457 e. The zero-order valence-corrected chi connectivity index (χ0v) is 36.0. The number of carbonyl (C=O) groups is 6. The van der Waals surface area contributed by atoms with Crippen molar-refractivity contribution in [3.63, 3.8) is 0 Å². The van der Waals surface area contributed by atoms with Crippen LogP contribution in [0.1, 0.15) is 66.4 Å². The van der Waals surface area contributed by atoms with E-state index in [1.807, 2.05) is 60.7 Å². The summed E-state index contributed by atoms with van der Waals surface area (Å²) in [5, 5.41) is 12.0. The van der Waals surface area contributed by atoms with E-state index in [-0.39, 0.29) is 55.3 Å². The molecule has 0 aliphatic carbocycles. The molecule has 17 nitrogen and oxygen atoms in total. The van der Waals surface area contributed by atoms with Crippen LogP contribution in [-0.4, -0.2) is 132 Å². The molecule has 4 aromatic carbocycles. The van der Waals surface area contributed by atoms with Gasteiger partial charge in [0.05, 0.1) is 55.3 Å². The lowest BCUT2D eigenvalue weighted by Crippen LogP contribution is -2.71. The van der Waals surface area contributed by atoms with Crippen LogP contribution in [0.4, 0.5) is 0 Å². The van der Waals surface area contributed by atoms with Gasteiger partial charge in [0.1, 0.15) is 36.5 Å². The van der Waals surface area contributed by atoms with Crippen LogP contribution in [0.25, 0.3) is 0 Å². The summed E-state index contributed by atoms with van der Waals surface area (Å²) in [4.78, 5) is 85.1. The molecule has 2 saturated heterocycles. The Balaban J connectivity index is 1.23. The summed E-state index contributed by atoms with van der Waals surface area (Å²) in [5.74, 6) is -4.81. The van der Waals surface area contributed by atoms with Crippen LogP contribution in [-0.2, 0) is 60.7 Å². The van der Waals surface area contributed by atoms with Crippen molar-refractivity contribution in [1.29, 1.82) is 0 Å². The number of hydrogen-bond donors (Lipinski definition) is 1. The Hall–Kier alpha value is -6.44. The molecule has 0 saturated carbocycles. The van der Waals surface area contributed by atoms with Gasteiger partial charge in [-0.25, -0.2) is 0 Å². The number of esters is 2. The molecule has 4 aliphatic rings. The second-order valence-electron chi connectivity index (χ2n) is 16.0. The first-order chi connectivity index (χ1) is 32.0. The monoisotopic (exact) mass is 904 g/mol. The van der Waals surface area contributed by atoms with E-state index in [9.17, 15) is 33.9 Å². The summed E-state index contributed by atoms with van der Waals surface area (Å²) in [7, 11) is 0. The Labute approximate surface area is 379 Å². The second kappa shape index (κ2) is 20.4. The number of aliphatic hydroxyl groups is 1. The third kappa shape index (κ3) is 9.45. The Bertz CT molecular complexity index is 2380. The smallest absolute Gasteiger partial charge is 0.303 e. The van der Waals surface area contributed by atoms with E-state index in [0.29, 0.717) is 0 Å². The highest BCUT2D eigenvalue weighted by molar-refractivity contribution is 6.22. The van der Waals surface area contributed by atoms with E-state index in [1.165, 1.54) is 30.3 Å². The number of benzene rings is 4. The van der Waals surface area contributed by atoms with Gasteiger partial charge >= 0.3 is 11.9 Å². The van der Waals surface area contributed by atoms with Gasteiger partial charge in [0.25, 0.3) is 23.6 Å². The van der Waals surface area contributed by atoms with E-state index in [2.05, 4.69) is 6.58 Å². The molecule has 0 unspecified atom stereocenters. The lowest BCUT2D eigenvalue weighted by Gasteiger charge is -2.51. The van der Waals surface area contributed by atoms with Gasteiger partial charge in [0, 0.05) is 13.8 Å². The third-order valence-corrected chi connectivity index (χ3v) is 11.6. The molecule has 344 valence electrons. The zero-order chi connectivity index (χ0) is 46.5. The number of aliphatic hydroxyl groups excluding tert-OH is 1. The molecule has 4 amide bonds. The average Bonchev–Trinajstić information content (AvgIpc) is 3.71. The molecular weight excluding hydrogens is 857 g/mol. The number of hydrogen-bond acceptors (Lipinski definition) is 15. The van der Waals surface area contributed by atoms with Gasteiger partial charge in [-0.1, -0.05) is 91.0 Å². The number of amides is 4. The lowest BCUT2D eigenvalue weighted by atomic mass is 9.92. The fraction of sp³-hybridized carbons (Fsp3) is 0.347. The highest BCUT2D eigenvalue weighted by Gasteiger charge is 2.60. The van der Waals surface area contributed by atoms with E-state index in [1.54, 1.807) is 24.3 Å². The summed E-state index contributed by atoms with van der Waals surface area (Å²) in [6.45, 7) is 5.38. The van der Waals surface area contributed by atoms with Crippen molar-refractivity contribution in [2.45, 2.75) is 88.3 Å². The summed E-state index contributed by atoms with van der Waals surface area (Å²) in [5.41, 5.74) is 1.81. The van der Waals surface area contributed by atoms with E-state index in [0.717, 1.165) is 34.8 Å². The normalized spacial score (nSPS) is 27.1. The lowest BCUT2D eigenvalue weighted by molar-refractivity contribution is -0.342. The molecule has 66 heavy (non-hydrogen) atoms. The molecule has 0 radical (unpaired) electrons. The van der Waals surface area contributed by atoms with Gasteiger partial charge in [-0.2, -0.15) is 0 Å². The minimum Gasteiger partial charge on any atom is -0.457 e. The predicted molar refractivity (Wildman–Crippen MR) is 229 cm³/mol. The molecule has 2 fully saturated rings. The standard InChI is InChI=1S/C49H48N2O15/c1-4-23-61-48-39(51-46(57)34-21-13-14-22-35(34)47(51)58)43(63-29(3)53)41(37(65-48)27-60-25-31-17-9-6-10-18-31)66-49-38(50-44(55)32-19-11-12-20-33(32)45(50)56)42(62-28(2)52)40(54)36(64-49)26-59-24-30-15-7-5-8-16-30/h4-22,36-43,48-49,54H,1,23-27H2,2-3H3/t36-,37-,38-,39-,40-,41-,42-,43-,48-,49+/m1/s1. The van der Waals surface area contributed by atoms with E-state index >= 15 is 0 Å². The van der Waals surface area contributed by atoms with Gasteiger partial charge < -0.3 is 43.0 Å². The van der Waals surface area contributed by atoms with Gasteiger partial charge in [-0.05, 0) is 35.4 Å². The van der Waals surface area contributed by atoms with Crippen LogP contribution in [0.15, 0.2) is 122 Å². The maximum absolute atomic E-state index is 14.3. The third-order valence-electron chi connectivity index (χ3n) is 11.6. The minimum absolute atomic E-state index is 0.0320. The van der Waals surface area contributed by atoms with Gasteiger partial charge in [-0.3, -0.25) is 38.6 Å². The molecule has 0 bridgehead atoms. The van der Waals surface area contributed by atoms with Crippen molar-refractivity contribution in [3.05, 3.63) is 155 Å². The number of ether oxygens (including phenoxy) is 8. The first-order valence-electron chi connectivity index (χ1n) is 21.3. The SMILES string of the molecule is C=CCO[C@@H]1O[C@H](COCc2ccccc2)[C@@H](O[C@@H]2O[C@H](COCc3ccccc3)[C@@H](O)[C@H](OC(C)=O)[C@H]2N2C(=O)c3ccccc3C2=O)[C@H](OC(C)=O)[C@H]1N1C(=O)c2ccccc2C1=O. The molecule has 8 rings (SSSR count). The molecule has 10 atom stereocenters. The Kier molecular flexibility index (Phi) is 14.2. The van der Waals surface area contributed by atoms with Crippen molar-refractivity contribution in [1.82, 2.24) is 9.80 Å². The summed E-state index contributed by atoms with van der Waals surface area (Å²) >= 11 is 0. The Morgan fingerprint density at radius 1 is 0.591 bits per heavy atom. The summed E-state index contributed by atoms with van der Waals surface area (Å²) < 4.78 is 50.2. The summed E-state index contributed by atoms with van der Waals surface area (Å²) in [6, 6.07) is 27.3. The minimum atomic E-state index is -1.82. The first kappa shape index (κ1) is 46.1. The maximum atomic E-state index is 14.3. The Morgan fingerprint density at radius 3 is 1.45 bits per heavy atom.